The molecule has 0 spiro atoms. The SMILES string of the molecule is CCOc1cccc(NC(=O)CNc2ccc(NC(C)=O)cc2)c1. The van der Waals surface area contributed by atoms with E-state index in [1.54, 1.807) is 30.3 Å². The van der Waals surface area contributed by atoms with Crippen molar-refractivity contribution in [3.05, 3.63) is 48.5 Å². The highest BCUT2D eigenvalue weighted by Crippen LogP contribution is 2.17. The summed E-state index contributed by atoms with van der Waals surface area (Å²) in [6.45, 7) is 4.08. The summed E-state index contributed by atoms with van der Waals surface area (Å²) in [7, 11) is 0. The Morgan fingerprint density at radius 3 is 2.33 bits per heavy atom. The van der Waals surface area contributed by atoms with Gasteiger partial charge >= 0.3 is 0 Å². The highest BCUT2D eigenvalue weighted by atomic mass is 16.5. The molecule has 2 rings (SSSR count). The van der Waals surface area contributed by atoms with Gasteiger partial charge in [0.25, 0.3) is 0 Å². The maximum Gasteiger partial charge on any atom is 0.243 e. The van der Waals surface area contributed by atoms with Gasteiger partial charge in [0.1, 0.15) is 5.75 Å². The first-order chi connectivity index (χ1) is 11.6. The van der Waals surface area contributed by atoms with E-state index in [2.05, 4.69) is 16.0 Å². The molecule has 0 aliphatic carbocycles. The van der Waals surface area contributed by atoms with Crippen LogP contribution in [-0.2, 0) is 9.59 Å². The molecule has 0 atom stereocenters. The first kappa shape index (κ1) is 17.3. The second-order valence-corrected chi connectivity index (χ2v) is 5.12. The van der Waals surface area contributed by atoms with Crippen molar-refractivity contribution in [3.8, 4) is 5.75 Å². The Hall–Kier alpha value is -3.02. The van der Waals surface area contributed by atoms with E-state index >= 15 is 0 Å². The lowest BCUT2D eigenvalue weighted by Gasteiger charge is -2.10. The van der Waals surface area contributed by atoms with Crippen LogP contribution in [0.4, 0.5) is 17.1 Å². The predicted molar refractivity (Wildman–Crippen MR) is 95.5 cm³/mol. The van der Waals surface area contributed by atoms with Crippen LogP contribution in [0, 0.1) is 0 Å². The average molecular weight is 327 g/mol. The van der Waals surface area contributed by atoms with Gasteiger partial charge in [-0.15, -0.1) is 0 Å². The number of nitrogens with one attached hydrogen (secondary N) is 3. The van der Waals surface area contributed by atoms with Crippen molar-refractivity contribution < 1.29 is 14.3 Å². The van der Waals surface area contributed by atoms with Gasteiger partial charge in [0.05, 0.1) is 13.2 Å². The monoisotopic (exact) mass is 327 g/mol. The molecule has 2 amide bonds. The standard InChI is InChI=1S/C18H21N3O3/c1-3-24-17-6-4-5-16(11-17)21-18(23)12-19-14-7-9-15(10-8-14)20-13(2)22/h4-11,19H,3,12H2,1-2H3,(H,20,22)(H,21,23). The summed E-state index contributed by atoms with van der Waals surface area (Å²) in [4.78, 5) is 23.0. The molecule has 0 aliphatic heterocycles. The fourth-order valence-electron chi connectivity index (χ4n) is 2.09. The third kappa shape index (κ3) is 5.64. The third-order valence-corrected chi connectivity index (χ3v) is 3.09. The average Bonchev–Trinajstić information content (AvgIpc) is 2.54. The number of amides is 2. The van der Waals surface area contributed by atoms with Crippen LogP contribution in [0.1, 0.15) is 13.8 Å². The van der Waals surface area contributed by atoms with Crippen LogP contribution in [0.5, 0.6) is 5.75 Å². The summed E-state index contributed by atoms with van der Waals surface area (Å²) < 4.78 is 5.40. The molecule has 126 valence electrons. The van der Waals surface area contributed by atoms with E-state index < -0.39 is 0 Å². The van der Waals surface area contributed by atoms with E-state index in [-0.39, 0.29) is 18.4 Å². The van der Waals surface area contributed by atoms with Gasteiger partial charge in [0.15, 0.2) is 0 Å². The lowest BCUT2D eigenvalue weighted by atomic mass is 10.2. The Bertz CT molecular complexity index is 699. The largest absolute Gasteiger partial charge is 0.494 e. The molecule has 0 aliphatic rings. The molecule has 0 unspecified atom stereocenters. The quantitative estimate of drug-likeness (QED) is 0.730. The third-order valence-electron chi connectivity index (χ3n) is 3.09. The zero-order valence-corrected chi connectivity index (χ0v) is 13.8. The maximum atomic E-state index is 12.0. The van der Waals surface area contributed by atoms with Crippen molar-refractivity contribution in [2.24, 2.45) is 0 Å². The summed E-state index contributed by atoms with van der Waals surface area (Å²) in [6, 6.07) is 14.4. The number of carbonyl (C=O) groups excluding carboxylic acids is 2. The molecule has 2 aromatic rings. The summed E-state index contributed by atoms with van der Waals surface area (Å²) in [5.41, 5.74) is 2.20. The molecule has 0 saturated carbocycles. The van der Waals surface area contributed by atoms with E-state index in [9.17, 15) is 9.59 Å². The summed E-state index contributed by atoms with van der Waals surface area (Å²) in [6.07, 6.45) is 0. The van der Waals surface area contributed by atoms with Crippen molar-refractivity contribution in [2.75, 3.05) is 29.1 Å². The highest BCUT2D eigenvalue weighted by Gasteiger charge is 2.04. The number of hydrogen-bond donors (Lipinski definition) is 3. The Kier molecular flexibility index (Phi) is 6.19. The Balaban J connectivity index is 1.84. The van der Waals surface area contributed by atoms with Gasteiger partial charge in [0, 0.05) is 30.1 Å². The first-order valence-corrected chi connectivity index (χ1v) is 7.71. The van der Waals surface area contributed by atoms with E-state index in [1.165, 1.54) is 6.92 Å². The molecule has 6 heteroatoms. The topological polar surface area (TPSA) is 79.5 Å². The second-order valence-electron chi connectivity index (χ2n) is 5.12. The summed E-state index contributed by atoms with van der Waals surface area (Å²) in [5, 5.41) is 8.53. The van der Waals surface area contributed by atoms with E-state index in [0.29, 0.717) is 18.0 Å². The molecule has 0 aromatic heterocycles. The fraction of sp³-hybridized carbons (Fsp3) is 0.222. The van der Waals surface area contributed by atoms with Gasteiger partial charge in [-0.2, -0.15) is 0 Å². The van der Waals surface area contributed by atoms with Crippen LogP contribution >= 0.6 is 0 Å². The van der Waals surface area contributed by atoms with Crippen LogP contribution in [0.2, 0.25) is 0 Å². The molecule has 6 nitrogen and oxygen atoms in total. The number of anilines is 3. The lowest BCUT2D eigenvalue weighted by molar-refractivity contribution is -0.115. The molecule has 0 heterocycles. The molecule has 24 heavy (non-hydrogen) atoms. The van der Waals surface area contributed by atoms with Crippen molar-refractivity contribution in [2.45, 2.75) is 13.8 Å². The molecule has 0 saturated heterocycles. The van der Waals surface area contributed by atoms with Crippen molar-refractivity contribution in [1.29, 1.82) is 0 Å². The minimum Gasteiger partial charge on any atom is -0.494 e. The molecule has 2 aromatic carbocycles. The number of rotatable bonds is 7. The molecular weight excluding hydrogens is 306 g/mol. The van der Waals surface area contributed by atoms with Crippen LogP contribution < -0.4 is 20.7 Å². The van der Waals surface area contributed by atoms with Crippen molar-refractivity contribution in [1.82, 2.24) is 0 Å². The van der Waals surface area contributed by atoms with Crippen LogP contribution in [0.25, 0.3) is 0 Å². The number of benzene rings is 2. The van der Waals surface area contributed by atoms with Gasteiger partial charge in [0.2, 0.25) is 11.8 Å². The smallest absolute Gasteiger partial charge is 0.243 e. The van der Waals surface area contributed by atoms with Crippen LogP contribution in [-0.4, -0.2) is 25.0 Å². The molecule has 3 N–H and O–H groups in total. The number of ether oxygens (including phenoxy) is 1. The van der Waals surface area contributed by atoms with Gasteiger partial charge < -0.3 is 20.7 Å². The normalized spacial score (nSPS) is 9.92. The first-order valence-electron chi connectivity index (χ1n) is 7.71. The van der Waals surface area contributed by atoms with E-state index in [1.807, 2.05) is 25.1 Å². The Morgan fingerprint density at radius 1 is 0.958 bits per heavy atom. The minimum atomic E-state index is -0.158. The van der Waals surface area contributed by atoms with Crippen LogP contribution in [0.15, 0.2) is 48.5 Å². The minimum absolute atomic E-state index is 0.121. The second kappa shape index (κ2) is 8.57. The van der Waals surface area contributed by atoms with Gasteiger partial charge in [-0.3, -0.25) is 9.59 Å². The van der Waals surface area contributed by atoms with Crippen LogP contribution in [0.3, 0.4) is 0 Å². The van der Waals surface area contributed by atoms with Crippen molar-refractivity contribution >= 4 is 28.9 Å². The van der Waals surface area contributed by atoms with Gasteiger partial charge in [-0.25, -0.2) is 0 Å². The Labute approximate surface area is 141 Å². The lowest BCUT2D eigenvalue weighted by Crippen LogP contribution is -2.21. The maximum absolute atomic E-state index is 12.0. The Morgan fingerprint density at radius 2 is 1.67 bits per heavy atom. The predicted octanol–water partition coefficient (Wildman–Crippen LogP) is 3.09. The van der Waals surface area contributed by atoms with Gasteiger partial charge in [-0.1, -0.05) is 6.07 Å². The van der Waals surface area contributed by atoms with Gasteiger partial charge in [-0.05, 0) is 43.3 Å². The number of hydrogen-bond acceptors (Lipinski definition) is 4. The van der Waals surface area contributed by atoms with E-state index in [0.717, 1.165) is 11.4 Å². The zero-order chi connectivity index (χ0) is 17.4. The summed E-state index contributed by atoms with van der Waals surface area (Å²) >= 11 is 0. The van der Waals surface area contributed by atoms with Crippen molar-refractivity contribution in [3.63, 3.8) is 0 Å². The highest BCUT2D eigenvalue weighted by molar-refractivity contribution is 5.94. The summed E-state index contributed by atoms with van der Waals surface area (Å²) in [5.74, 6) is 0.441. The molecule has 0 bridgehead atoms. The van der Waals surface area contributed by atoms with E-state index in [4.69, 9.17) is 4.74 Å². The molecular formula is C18H21N3O3. The number of carbonyl (C=O) groups is 2. The molecule has 0 fully saturated rings. The molecule has 0 radical (unpaired) electrons. The zero-order valence-electron chi connectivity index (χ0n) is 13.8. The fourth-order valence-corrected chi connectivity index (χ4v) is 2.09.